The number of imidazole rings is 1. The molecule has 102 valence electrons. The molecule has 1 aromatic rings. The van der Waals surface area contributed by atoms with Crippen LogP contribution in [0.2, 0.25) is 0 Å². The normalized spacial score (nSPS) is 20.3. The molecular formula is C14H26N4. The highest BCUT2D eigenvalue weighted by atomic mass is 15.3. The number of piperidine rings is 1. The van der Waals surface area contributed by atoms with E-state index in [-0.39, 0.29) is 0 Å². The van der Waals surface area contributed by atoms with Crippen LogP contribution in [0.25, 0.3) is 0 Å². The van der Waals surface area contributed by atoms with Gasteiger partial charge in [0.15, 0.2) is 0 Å². The summed E-state index contributed by atoms with van der Waals surface area (Å²) in [4.78, 5) is 7.03. The van der Waals surface area contributed by atoms with Crippen molar-refractivity contribution in [2.24, 2.45) is 5.92 Å². The second kappa shape index (κ2) is 6.23. The summed E-state index contributed by atoms with van der Waals surface area (Å²) in [6.45, 7) is 11.1. The number of nitrogens with one attached hydrogen (secondary N) is 1. The Labute approximate surface area is 110 Å². The van der Waals surface area contributed by atoms with Gasteiger partial charge in [-0.2, -0.15) is 0 Å². The van der Waals surface area contributed by atoms with E-state index in [2.05, 4.69) is 46.7 Å². The third-order valence-corrected chi connectivity index (χ3v) is 3.56. The largest absolute Gasteiger partial charge is 0.338 e. The predicted molar refractivity (Wildman–Crippen MR) is 76.0 cm³/mol. The molecule has 4 nitrogen and oxygen atoms in total. The average Bonchev–Trinajstić information content (AvgIpc) is 2.79. The van der Waals surface area contributed by atoms with Gasteiger partial charge in [0.05, 0.1) is 0 Å². The molecule has 1 saturated heterocycles. The highest BCUT2D eigenvalue weighted by molar-refractivity contribution is 5.33. The average molecular weight is 250 g/mol. The van der Waals surface area contributed by atoms with Gasteiger partial charge < -0.3 is 14.8 Å². The first-order chi connectivity index (χ1) is 8.72. The summed E-state index contributed by atoms with van der Waals surface area (Å²) in [5, 5.41) is 3.49. The van der Waals surface area contributed by atoms with Gasteiger partial charge in [-0.25, -0.2) is 4.98 Å². The quantitative estimate of drug-likeness (QED) is 0.869. The molecule has 0 bridgehead atoms. The van der Waals surface area contributed by atoms with Crippen molar-refractivity contribution >= 4 is 5.95 Å². The molecule has 0 saturated carbocycles. The van der Waals surface area contributed by atoms with Crippen molar-refractivity contribution in [1.29, 1.82) is 0 Å². The third kappa shape index (κ3) is 3.05. The molecule has 1 unspecified atom stereocenters. The van der Waals surface area contributed by atoms with E-state index in [0.717, 1.165) is 32.1 Å². The van der Waals surface area contributed by atoms with Crippen LogP contribution >= 0.6 is 0 Å². The number of anilines is 1. The van der Waals surface area contributed by atoms with Gasteiger partial charge in [0, 0.05) is 38.1 Å². The molecule has 1 fully saturated rings. The minimum absolute atomic E-state index is 0.595. The smallest absolute Gasteiger partial charge is 0.205 e. The van der Waals surface area contributed by atoms with Crippen LogP contribution < -0.4 is 10.2 Å². The van der Waals surface area contributed by atoms with Gasteiger partial charge in [0.25, 0.3) is 0 Å². The molecule has 0 aliphatic carbocycles. The SMILES string of the molecule is CCN(c1nccn1CC(C)C)C1CCCNC1. The summed E-state index contributed by atoms with van der Waals surface area (Å²) in [6, 6.07) is 0.595. The molecule has 0 aromatic carbocycles. The zero-order chi connectivity index (χ0) is 13.0. The summed E-state index contributed by atoms with van der Waals surface area (Å²) in [5.41, 5.74) is 0. The van der Waals surface area contributed by atoms with Gasteiger partial charge in [-0.3, -0.25) is 0 Å². The molecule has 18 heavy (non-hydrogen) atoms. The van der Waals surface area contributed by atoms with Crippen LogP contribution in [0.5, 0.6) is 0 Å². The number of rotatable bonds is 5. The second-order valence-corrected chi connectivity index (χ2v) is 5.56. The van der Waals surface area contributed by atoms with E-state index in [1.807, 2.05) is 6.20 Å². The van der Waals surface area contributed by atoms with E-state index < -0.39 is 0 Å². The van der Waals surface area contributed by atoms with E-state index in [9.17, 15) is 0 Å². The molecule has 0 spiro atoms. The molecule has 1 atom stereocenters. The topological polar surface area (TPSA) is 33.1 Å². The number of likely N-dealkylation sites (N-methyl/N-ethyl adjacent to an activating group) is 1. The first-order valence-electron chi connectivity index (χ1n) is 7.20. The van der Waals surface area contributed by atoms with Crippen molar-refractivity contribution in [3.8, 4) is 0 Å². The van der Waals surface area contributed by atoms with Crippen molar-refractivity contribution in [3.05, 3.63) is 12.4 Å². The molecule has 1 aliphatic rings. The van der Waals surface area contributed by atoms with E-state index in [0.29, 0.717) is 12.0 Å². The Morgan fingerprint density at radius 2 is 2.39 bits per heavy atom. The Kier molecular flexibility index (Phi) is 4.64. The van der Waals surface area contributed by atoms with Crippen LogP contribution in [0.15, 0.2) is 12.4 Å². The maximum Gasteiger partial charge on any atom is 0.205 e. The monoisotopic (exact) mass is 250 g/mol. The molecule has 1 aromatic heterocycles. The molecular weight excluding hydrogens is 224 g/mol. The summed E-state index contributed by atoms with van der Waals surface area (Å²) in [7, 11) is 0. The van der Waals surface area contributed by atoms with E-state index >= 15 is 0 Å². The van der Waals surface area contributed by atoms with Crippen molar-refractivity contribution in [2.45, 2.75) is 46.2 Å². The lowest BCUT2D eigenvalue weighted by Crippen LogP contribution is -2.47. The first-order valence-corrected chi connectivity index (χ1v) is 7.20. The van der Waals surface area contributed by atoms with Crippen molar-refractivity contribution in [2.75, 3.05) is 24.5 Å². The van der Waals surface area contributed by atoms with E-state index in [4.69, 9.17) is 0 Å². The molecule has 0 amide bonds. The zero-order valence-electron chi connectivity index (χ0n) is 11.9. The van der Waals surface area contributed by atoms with Crippen LogP contribution in [-0.4, -0.2) is 35.2 Å². The van der Waals surface area contributed by atoms with Crippen LogP contribution in [-0.2, 0) is 6.54 Å². The summed E-state index contributed by atoms with van der Waals surface area (Å²) in [6.07, 6.45) is 6.58. The summed E-state index contributed by atoms with van der Waals surface area (Å²) < 4.78 is 2.29. The van der Waals surface area contributed by atoms with Crippen LogP contribution in [0, 0.1) is 5.92 Å². The molecule has 1 aliphatic heterocycles. The van der Waals surface area contributed by atoms with Gasteiger partial charge in [-0.05, 0) is 32.2 Å². The Hall–Kier alpha value is -1.03. The second-order valence-electron chi connectivity index (χ2n) is 5.56. The van der Waals surface area contributed by atoms with Crippen molar-refractivity contribution in [1.82, 2.24) is 14.9 Å². The zero-order valence-corrected chi connectivity index (χ0v) is 11.9. The lowest BCUT2D eigenvalue weighted by Gasteiger charge is -2.35. The Morgan fingerprint density at radius 1 is 1.56 bits per heavy atom. The summed E-state index contributed by atoms with van der Waals surface area (Å²) in [5.74, 6) is 1.79. The molecule has 0 radical (unpaired) electrons. The molecule has 1 N–H and O–H groups in total. The molecule has 4 heteroatoms. The Bertz CT molecular complexity index is 352. The third-order valence-electron chi connectivity index (χ3n) is 3.56. The molecule has 2 heterocycles. The minimum Gasteiger partial charge on any atom is -0.338 e. The fourth-order valence-corrected chi connectivity index (χ4v) is 2.76. The highest BCUT2D eigenvalue weighted by Crippen LogP contribution is 2.19. The maximum atomic E-state index is 4.58. The van der Waals surface area contributed by atoms with Gasteiger partial charge in [-0.15, -0.1) is 0 Å². The highest BCUT2D eigenvalue weighted by Gasteiger charge is 2.23. The van der Waals surface area contributed by atoms with Gasteiger partial charge in [0.1, 0.15) is 0 Å². The number of aromatic nitrogens is 2. The van der Waals surface area contributed by atoms with E-state index in [1.54, 1.807) is 0 Å². The lowest BCUT2D eigenvalue weighted by atomic mass is 10.1. The fraction of sp³-hybridized carbons (Fsp3) is 0.786. The van der Waals surface area contributed by atoms with Gasteiger partial charge in [0.2, 0.25) is 5.95 Å². The van der Waals surface area contributed by atoms with Crippen LogP contribution in [0.4, 0.5) is 5.95 Å². The standard InChI is InChI=1S/C14H26N4/c1-4-18(13-6-5-7-15-10-13)14-16-8-9-17(14)11-12(2)3/h8-9,12-13,15H,4-7,10-11H2,1-3H3. The van der Waals surface area contributed by atoms with Crippen LogP contribution in [0.3, 0.4) is 0 Å². The van der Waals surface area contributed by atoms with E-state index in [1.165, 1.54) is 12.8 Å². The Morgan fingerprint density at radius 3 is 3.00 bits per heavy atom. The fourth-order valence-electron chi connectivity index (χ4n) is 2.76. The lowest BCUT2D eigenvalue weighted by molar-refractivity contribution is 0.423. The minimum atomic E-state index is 0.595. The molecule has 2 rings (SSSR count). The number of nitrogens with zero attached hydrogens (tertiary/aromatic N) is 3. The van der Waals surface area contributed by atoms with Crippen LogP contribution in [0.1, 0.15) is 33.6 Å². The summed E-state index contributed by atoms with van der Waals surface area (Å²) >= 11 is 0. The Balaban J connectivity index is 2.13. The predicted octanol–water partition coefficient (Wildman–Crippen LogP) is 2.12. The maximum absolute atomic E-state index is 4.58. The number of hydrogen-bond donors (Lipinski definition) is 1. The van der Waals surface area contributed by atoms with Crippen molar-refractivity contribution in [3.63, 3.8) is 0 Å². The van der Waals surface area contributed by atoms with Gasteiger partial charge >= 0.3 is 0 Å². The first kappa shape index (κ1) is 13.4. The van der Waals surface area contributed by atoms with Crippen molar-refractivity contribution < 1.29 is 0 Å². The van der Waals surface area contributed by atoms with Gasteiger partial charge in [-0.1, -0.05) is 13.8 Å². The number of hydrogen-bond acceptors (Lipinski definition) is 3.